The topological polar surface area (TPSA) is 109 Å². The summed E-state index contributed by atoms with van der Waals surface area (Å²) in [6.07, 6.45) is 8.38. The van der Waals surface area contributed by atoms with Crippen molar-refractivity contribution in [3.05, 3.63) is 156 Å². The number of benzene rings is 4. The van der Waals surface area contributed by atoms with Crippen LogP contribution in [0.2, 0.25) is 0 Å². The summed E-state index contributed by atoms with van der Waals surface area (Å²) in [6.45, 7) is 0. The van der Waals surface area contributed by atoms with Crippen LogP contribution in [-0.2, 0) is 0 Å². The molecule has 0 amide bonds. The van der Waals surface area contributed by atoms with Gasteiger partial charge in [0.25, 0.3) is 0 Å². The number of H-pyrrole nitrogens is 2. The Morgan fingerprint density at radius 1 is 0.340 bits per heavy atom. The number of hydrogen-bond acceptors (Lipinski definition) is 4. The molecule has 0 saturated carbocycles. The second kappa shape index (κ2) is 12.0. The van der Waals surface area contributed by atoms with E-state index in [9.17, 15) is 0 Å². The van der Waals surface area contributed by atoms with Crippen molar-refractivity contribution in [2.75, 3.05) is 11.5 Å². The third kappa shape index (κ3) is 5.16. The monoisotopic (exact) mass is 644 g/mol. The fourth-order valence-electron chi connectivity index (χ4n) is 7.02. The standard InChI is InChI=1S/C44H32N6/c45-31-15-7-13-29(25-31)43-37-21-19-35(48-37)41(27-9-3-1-4-10-27)33-17-18-34(47-33)42(28-11-5-2-6-12-28)36-20-22-38(49-36)44(40-24-23-39(43)50-40)30-14-8-16-32(46)26-30/h1-26,48-49H,45-46H2. The summed E-state index contributed by atoms with van der Waals surface area (Å²) in [4.78, 5) is 18.2. The lowest BCUT2D eigenvalue weighted by molar-refractivity contribution is 1.31. The van der Waals surface area contributed by atoms with Crippen LogP contribution in [0.15, 0.2) is 133 Å². The van der Waals surface area contributed by atoms with Crippen LogP contribution in [-0.4, -0.2) is 19.9 Å². The molecular formula is C44H32N6. The van der Waals surface area contributed by atoms with Crippen molar-refractivity contribution in [3.8, 4) is 44.5 Å². The zero-order valence-electron chi connectivity index (χ0n) is 27.1. The molecule has 0 fully saturated rings. The van der Waals surface area contributed by atoms with E-state index in [1.807, 2.05) is 48.5 Å². The maximum atomic E-state index is 6.35. The fraction of sp³-hybridized carbons (Fsp3) is 0. The van der Waals surface area contributed by atoms with Crippen molar-refractivity contribution in [2.45, 2.75) is 0 Å². The molecule has 7 aromatic rings. The van der Waals surface area contributed by atoms with Crippen LogP contribution in [0, 0.1) is 0 Å². The first-order valence-electron chi connectivity index (χ1n) is 16.6. The molecule has 6 heteroatoms. The van der Waals surface area contributed by atoms with Crippen molar-refractivity contribution in [2.24, 2.45) is 0 Å². The van der Waals surface area contributed by atoms with Crippen molar-refractivity contribution in [1.82, 2.24) is 19.9 Å². The molecule has 8 bridgehead atoms. The molecule has 2 aliphatic heterocycles. The van der Waals surface area contributed by atoms with Gasteiger partial charge in [0.05, 0.1) is 22.8 Å². The van der Waals surface area contributed by atoms with E-state index in [1.54, 1.807) is 0 Å². The first-order valence-corrected chi connectivity index (χ1v) is 16.6. The highest BCUT2D eigenvalue weighted by Gasteiger charge is 2.19. The van der Waals surface area contributed by atoms with Gasteiger partial charge in [0.1, 0.15) is 0 Å². The van der Waals surface area contributed by atoms with E-state index >= 15 is 0 Å². The zero-order chi connectivity index (χ0) is 33.6. The maximum Gasteiger partial charge on any atom is 0.0737 e. The van der Waals surface area contributed by atoms with E-state index in [1.165, 1.54) is 0 Å². The van der Waals surface area contributed by atoms with Crippen molar-refractivity contribution in [1.29, 1.82) is 0 Å². The average molecular weight is 645 g/mol. The Balaban J connectivity index is 1.49. The number of nitrogens with zero attached hydrogens (tertiary/aromatic N) is 2. The molecule has 3 aromatic heterocycles. The van der Waals surface area contributed by atoms with Crippen LogP contribution in [0.5, 0.6) is 0 Å². The lowest BCUT2D eigenvalue weighted by Crippen LogP contribution is -1.91. The predicted octanol–water partition coefficient (Wildman–Crippen LogP) is 10.5. The molecule has 0 unspecified atom stereocenters. The van der Waals surface area contributed by atoms with Crippen molar-refractivity contribution >= 4 is 57.7 Å². The van der Waals surface area contributed by atoms with Crippen LogP contribution in [0.25, 0.3) is 90.9 Å². The Labute approximate surface area is 289 Å². The quantitative estimate of drug-likeness (QED) is 0.143. The molecule has 0 radical (unpaired) electrons. The summed E-state index contributed by atoms with van der Waals surface area (Å²) in [5, 5.41) is 0. The summed E-state index contributed by atoms with van der Waals surface area (Å²) in [5.41, 5.74) is 29.2. The fourth-order valence-corrected chi connectivity index (χ4v) is 7.02. The number of nitrogen functional groups attached to an aromatic ring is 2. The van der Waals surface area contributed by atoms with Crippen LogP contribution >= 0.6 is 0 Å². The minimum Gasteiger partial charge on any atom is -0.399 e. The van der Waals surface area contributed by atoms with Gasteiger partial charge in [-0.25, -0.2) is 9.97 Å². The highest BCUT2D eigenvalue weighted by Crippen LogP contribution is 2.38. The van der Waals surface area contributed by atoms with Crippen LogP contribution in [0.1, 0.15) is 22.8 Å². The van der Waals surface area contributed by atoms with Crippen molar-refractivity contribution in [3.63, 3.8) is 0 Å². The lowest BCUT2D eigenvalue weighted by atomic mass is 10.0. The third-order valence-electron chi connectivity index (χ3n) is 9.23. The Kier molecular flexibility index (Phi) is 6.99. The number of anilines is 2. The van der Waals surface area contributed by atoms with E-state index in [2.05, 4.69) is 119 Å². The molecule has 0 aliphatic carbocycles. The number of nitrogens with one attached hydrogen (secondary N) is 2. The molecule has 6 N–H and O–H groups in total. The van der Waals surface area contributed by atoms with Gasteiger partial charge in [-0.2, -0.15) is 0 Å². The van der Waals surface area contributed by atoms with E-state index in [-0.39, 0.29) is 0 Å². The highest BCUT2D eigenvalue weighted by molar-refractivity contribution is 6.00. The molecule has 0 atom stereocenters. The minimum atomic E-state index is 0.683. The first kappa shape index (κ1) is 29.2. The van der Waals surface area contributed by atoms with Gasteiger partial charge in [-0.15, -0.1) is 0 Å². The number of aromatic nitrogens is 4. The summed E-state index contributed by atoms with van der Waals surface area (Å²) >= 11 is 0. The van der Waals surface area contributed by atoms with Crippen LogP contribution in [0.4, 0.5) is 11.4 Å². The van der Waals surface area contributed by atoms with Gasteiger partial charge in [-0.3, -0.25) is 0 Å². The minimum absolute atomic E-state index is 0.683. The lowest BCUT2D eigenvalue weighted by Gasteiger charge is -2.07. The second-order valence-corrected chi connectivity index (χ2v) is 12.5. The Morgan fingerprint density at radius 2 is 0.660 bits per heavy atom. The SMILES string of the molecule is Nc1cccc(-c2c3nc(c(-c4cccc(N)c4)c4ccc([nH]4)c(-c4ccccc4)c4nc(c(-c5ccccc5)c5ccc2[nH]5)C=C4)C=C3)c1. The molecule has 0 spiro atoms. The molecule has 0 saturated heterocycles. The van der Waals surface area contributed by atoms with Gasteiger partial charge in [0.15, 0.2) is 0 Å². The molecule has 4 aromatic carbocycles. The van der Waals surface area contributed by atoms with E-state index in [4.69, 9.17) is 21.4 Å². The number of nitrogens with two attached hydrogens (primary N) is 2. The number of aromatic amines is 2. The van der Waals surface area contributed by atoms with Gasteiger partial charge >= 0.3 is 0 Å². The van der Waals surface area contributed by atoms with E-state index < -0.39 is 0 Å². The summed E-state index contributed by atoms with van der Waals surface area (Å²) in [6, 6.07) is 45.2. The van der Waals surface area contributed by atoms with Crippen molar-refractivity contribution < 1.29 is 0 Å². The van der Waals surface area contributed by atoms with E-state index in [0.717, 1.165) is 89.4 Å². The van der Waals surface area contributed by atoms with Gasteiger partial charge in [-0.1, -0.05) is 84.9 Å². The molecule has 2 aliphatic rings. The van der Waals surface area contributed by atoms with Gasteiger partial charge in [-0.05, 0) is 95.1 Å². The largest absolute Gasteiger partial charge is 0.399 e. The first-order chi connectivity index (χ1) is 24.6. The average Bonchev–Trinajstić information content (AvgIpc) is 3.97. The maximum absolute atomic E-state index is 6.35. The molecule has 6 nitrogen and oxygen atoms in total. The normalized spacial score (nSPS) is 12.0. The Hall–Kier alpha value is -6.92. The highest BCUT2D eigenvalue weighted by atomic mass is 14.8. The summed E-state index contributed by atoms with van der Waals surface area (Å²) in [7, 11) is 0. The summed E-state index contributed by atoms with van der Waals surface area (Å²) < 4.78 is 0. The van der Waals surface area contributed by atoms with Crippen LogP contribution < -0.4 is 11.5 Å². The number of hydrogen-bond donors (Lipinski definition) is 4. The Bertz CT molecular complexity index is 2480. The molecular weight excluding hydrogens is 613 g/mol. The van der Waals surface area contributed by atoms with E-state index in [0.29, 0.717) is 11.4 Å². The Morgan fingerprint density at radius 3 is 1.00 bits per heavy atom. The van der Waals surface area contributed by atoms with Gasteiger partial charge < -0.3 is 21.4 Å². The second-order valence-electron chi connectivity index (χ2n) is 12.5. The smallest absolute Gasteiger partial charge is 0.0737 e. The number of fused-ring (bicyclic) bond motifs is 8. The van der Waals surface area contributed by atoms with Gasteiger partial charge in [0.2, 0.25) is 0 Å². The predicted molar refractivity (Wildman–Crippen MR) is 209 cm³/mol. The van der Waals surface area contributed by atoms with Gasteiger partial charge in [0, 0.05) is 55.7 Å². The number of rotatable bonds is 4. The molecule has 5 heterocycles. The van der Waals surface area contributed by atoms with Crippen LogP contribution in [0.3, 0.4) is 0 Å². The summed E-state index contributed by atoms with van der Waals surface area (Å²) in [5.74, 6) is 0. The zero-order valence-corrected chi connectivity index (χ0v) is 27.1. The molecule has 9 rings (SSSR count). The molecule has 50 heavy (non-hydrogen) atoms. The molecule has 238 valence electrons. The third-order valence-corrected chi connectivity index (χ3v) is 9.23.